The van der Waals surface area contributed by atoms with Crippen LogP contribution in [0.15, 0.2) is 35.3 Å². The van der Waals surface area contributed by atoms with Crippen LogP contribution in [0.1, 0.15) is 39.3 Å². The van der Waals surface area contributed by atoms with Crippen molar-refractivity contribution in [2.75, 3.05) is 40.8 Å². The van der Waals surface area contributed by atoms with E-state index >= 15 is 0 Å². The van der Waals surface area contributed by atoms with Crippen LogP contribution in [-0.4, -0.2) is 86.3 Å². The minimum atomic E-state index is -0.572. The highest BCUT2D eigenvalue weighted by molar-refractivity contribution is 14.0. The highest BCUT2D eigenvalue weighted by Crippen LogP contribution is 2.18. The Hall–Kier alpha value is -2.08. The van der Waals surface area contributed by atoms with Crippen LogP contribution in [0.5, 0.6) is 0 Å². The number of benzene rings is 1. The van der Waals surface area contributed by atoms with Crippen molar-refractivity contribution in [3.8, 4) is 0 Å². The summed E-state index contributed by atoms with van der Waals surface area (Å²) in [5.74, 6) is 0.373. The number of aliphatic imine (C=N–C) groups is 1. The average molecular weight is 575 g/mol. The van der Waals surface area contributed by atoms with Gasteiger partial charge in [-0.25, -0.2) is 9.79 Å². The molecule has 1 aromatic rings. The first-order valence-electron chi connectivity index (χ1n) is 10.8. The summed E-state index contributed by atoms with van der Waals surface area (Å²) in [6.45, 7) is 8.35. The van der Waals surface area contributed by atoms with E-state index in [2.05, 4.69) is 15.6 Å². The number of hydrogen-bond acceptors (Lipinski definition) is 5. The highest BCUT2D eigenvalue weighted by atomic mass is 127. The lowest BCUT2D eigenvalue weighted by Crippen LogP contribution is -2.50. The van der Waals surface area contributed by atoms with Gasteiger partial charge in [0.05, 0.1) is 24.7 Å². The van der Waals surface area contributed by atoms with Crippen LogP contribution in [0.3, 0.4) is 0 Å². The van der Waals surface area contributed by atoms with E-state index in [-0.39, 0.29) is 60.7 Å². The van der Waals surface area contributed by atoms with Crippen LogP contribution in [0, 0.1) is 0 Å². The number of methoxy groups -OCH3 is 1. The monoisotopic (exact) mass is 575 g/mol. The summed E-state index contributed by atoms with van der Waals surface area (Å²) >= 11 is 0. The third-order valence-electron chi connectivity index (χ3n) is 5.07. The molecule has 10 heteroatoms. The van der Waals surface area contributed by atoms with Crippen molar-refractivity contribution in [3.63, 3.8) is 0 Å². The number of rotatable bonds is 6. The van der Waals surface area contributed by atoms with Crippen LogP contribution in [0.4, 0.5) is 4.79 Å². The lowest BCUT2D eigenvalue weighted by atomic mass is 10.1. The summed E-state index contributed by atoms with van der Waals surface area (Å²) in [6.07, 6.45) is -0.623. The second kappa shape index (κ2) is 13.0. The number of amides is 2. The Labute approximate surface area is 214 Å². The fourth-order valence-corrected chi connectivity index (χ4v) is 3.25. The first-order chi connectivity index (χ1) is 15.0. The summed E-state index contributed by atoms with van der Waals surface area (Å²) in [5.41, 5.74) is 0.516. The Morgan fingerprint density at radius 2 is 1.85 bits per heavy atom. The number of nitrogens with zero attached hydrogens (tertiary/aromatic N) is 3. The topological polar surface area (TPSA) is 95.5 Å². The molecule has 1 aromatic carbocycles. The van der Waals surface area contributed by atoms with E-state index in [9.17, 15) is 9.59 Å². The van der Waals surface area contributed by atoms with Crippen LogP contribution in [-0.2, 0) is 14.3 Å². The number of ether oxygens (including phenoxy) is 2. The van der Waals surface area contributed by atoms with Crippen LogP contribution >= 0.6 is 24.0 Å². The minimum Gasteiger partial charge on any atom is -0.444 e. The SMILES string of the molecule is CO[C@H]1CN(C(=O)OC(C)(C)C)CC1NC(=NCC(=O)N(C)C)NC(C)c1ccccc1.I. The largest absolute Gasteiger partial charge is 0.444 e. The summed E-state index contributed by atoms with van der Waals surface area (Å²) < 4.78 is 11.1. The fraction of sp³-hybridized carbons (Fsp3) is 0.609. The molecule has 1 saturated heterocycles. The molecule has 2 N–H and O–H groups in total. The first-order valence-corrected chi connectivity index (χ1v) is 10.8. The smallest absolute Gasteiger partial charge is 0.410 e. The fourth-order valence-electron chi connectivity index (χ4n) is 3.25. The molecule has 0 spiro atoms. The molecule has 2 unspecified atom stereocenters. The third kappa shape index (κ3) is 9.36. The van der Waals surface area contributed by atoms with E-state index in [4.69, 9.17) is 9.47 Å². The molecule has 0 radical (unpaired) electrons. The van der Waals surface area contributed by atoms with Gasteiger partial charge in [-0.1, -0.05) is 30.3 Å². The van der Waals surface area contributed by atoms with Crippen LogP contribution in [0.25, 0.3) is 0 Å². The van der Waals surface area contributed by atoms with Gasteiger partial charge in [0.15, 0.2) is 5.96 Å². The van der Waals surface area contributed by atoms with E-state index in [1.165, 1.54) is 4.90 Å². The average Bonchev–Trinajstić information content (AvgIpc) is 3.14. The number of likely N-dealkylation sites (tertiary alicyclic amines) is 1. The normalized spacial score (nSPS) is 19.4. The van der Waals surface area contributed by atoms with Crippen LogP contribution < -0.4 is 10.6 Å². The summed E-state index contributed by atoms with van der Waals surface area (Å²) in [6, 6.07) is 9.72. The van der Waals surface area contributed by atoms with E-state index < -0.39 is 5.60 Å². The Kier molecular flexibility index (Phi) is 11.4. The maximum atomic E-state index is 12.5. The maximum Gasteiger partial charge on any atom is 0.410 e. The zero-order valence-corrected chi connectivity index (χ0v) is 23.0. The molecular formula is C23H38IN5O4. The molecule has 2 rings (SSSR count). The van der Waals surface area contributed by atoms with Crippen molar-refractivity contribution >= 4 is 41.9 Å². The summed E-state index contributed by atoms with van der Waals surface area (Å²) in [7, 11) is 5.01. The van der Waals surface area contributed by atoms with Gasteiger partial charge in [0.1, 0.15) is 12.1 Å². The molecule has 2 amide bonds. The van der Waals surface area contributed by atoms with Crippen molar-refractivity contribution < 1.29 is 19.1 Å². The number of halogens is 1. The van der Waals surface area contributed by atoms with Crippen molar-refractivity contribution in [2.45, 2.75) is 51.5 Å². The van der Waals surface area contributed by atoms with E-state index in [0.29, 0.717) is 19.0 Å². The molecule has 1 fully saturated rings. The van der Waals surface area contributed by atoms with Crippen molar-refractivity contribution in [1.82, 2.24) is 20.4 Å². The molecule has 0 bridgehead atoms. The standard InChI is InChI=1S/C23H37N5O4.HI/c1-16(17-11-9-8-10-12-17)25-21(24-13-20(29)27(5)6)26-18-14-28(15-19(18)31-7)22(30)32-23(2,3)4;/h8-12,16,18-19H,13-15H2,1-7H3,(H2,24,25,26);1H/t16?,18?,19-;/m0./s1. The van der Waals surface area contributed by atoms with Gasteiger partial charge < -0.3 is 29.9 Å². The third-order valence-corrected chi connectivity index (χ3v) is 5.07. The van der Waals surface area contributed by atoms with Gasteiger partial charge in [0, 0.05) is 27.7 Å². The molecule has 0 saturated carbocycles. The van der Waals surface area contributed by atoms with E-state index in [1.54, 1.807) is 26.1 Å². The molecule has 9 nitrogen and oxygen atoms in total. The summed E-state index contributed by atoms with van der Waals surface area (Å²) in [5, 5.41) is 6.71. The number of carbonyl (C=O) groups is 2. The zero-order chi connectivity index (χ0) is 23.9. The van der Waals surface area contributed by atoms with Gasteiger partial charge in [-0.2, -0.15) is 0 Å². The molecule has 3 atom stereocenters. The number of carbonyl (C=O) groups excluding carboxylic acids is 2. The zero-order valence-electron chi connectivity index (χ0n) is 20.6. The Balaban J connectivity index is 0.00000544. The summed E-state index contributed by atoms with van der Waals surface area (Å²) in [4.78, 5) is 32.2. The molecule has 1 aliphatic rings. The number of likely N-dealkylation sites (N-methyl/N-ethyl adjacent to an activating group) is 1. The van der Waals surface area contributed by atoms with Crippen molar-refractivity contribution in [3.05, 3.63) is 35.9 Å². The minimum absolute atomic E-state index is 0. The Morgan fingerprint density at radius 1 is 1.21 bits per heavy atom. The predicted octanol–water partition coefficient (Wildman–Crippen LogP) is 2.62. The lowest BCUT2D eigenvalue weighted by molar-refractivity contribution is -0.127. The van der Waals surface area contributed by atoms with Gasteiger partial charge in [-0.05, 0) is 33.3 Å². The molecule has 186 valence electrons. The Morgan fingerprint density at radius 3 is 2.39 bits per heavy atom. The van der Waals surface area contributed by atoms with Gasteiger partial charge in [0.25, 0.3) is 0 Å². The molecule has 0 aromatic heterocycles. The predicted molar refractivity (Wildman–Crippen MR) is 140 cm³/mol. The molecular weight excluding hydrogens is 537 g/mol. The van der Waals surface area contributed by atoms with Gasteiger partial charge in [-0.3, -0.25) is 4.79 Å². The molecule has 1 aliphatic heterocycles. The first kappa shape index (κ1) is 29.0. The number of hydrogen-bond donors (Lipinski definition) is 2. The Bertz CT molecular complexity index is 798. The van der Waals surface area contributed by atoms with Crippen molar-refractivity contribution in [2.24, 2.45) is 4.99 Å². The quantitative estimate of drug-likeness (QED) is 0.308. The van der Waals surface area contributed by atoms with Gasteiger partial charge >= 0.3 is 6.09 Å². The number of nitrogens with one attached hydrogen (secondary N) is 2. The molecule has 0 aliphatic carbocycles. The van der Waals surface area contributed by atoms with Crippen LogP contribution in [0.2, 0.25) is 0 Å². The second-order valence-corrected chi connectivity index (χ2v) is 9.14. The van der Waals surface area contributed by atoms with Gasteiger partial charge in [0.2, 0.25) is 5.91 Å². The van der Waals surface area contributed by atoms with Crippen molar-refractivity contribution in [1.29, 1.82) is 0 Å². The maximum absolute atomic E-state index is 12.5. The highest BCUT2D eigenvalue weighted by Gasteiger charge is 2.38. The molecule has 33 heavy (non-hydrogen) atoms. The number of guanidine groups is 1. The van der Waals surface area contributed by atoms with E-state index in [0.717, 1.165) is 5.56 Å². The molecule has 1 heterocycles. The lowest BCUT2D eigenvalue weighted by Gasteiger charge is -2.25. The van der Waals surface area contributed by atoms with E-state index in [1.807, 2.05) is 58.0 Å². The second-order valence-electron chi connectivity index (χ2n) is 9.14. The van der Waals surface area contributed by atoms with Gasteiger partial charge in [-0.15, -0.1) is 24.0 Å².